The first kappa shape index (κ1) is 11.5. The van der Waals surface area contributed by atoms with E-state index in [9.17, 15) is 0 Å². The predicted octanol–water partition coefficient (Wildman–Crippen LogP) is 2.69. The molecule has 0 saturated heterocycles. The van der Waals surface area contributed by atoms with Crippen LogP contribution in [0.15, 0.2) is 36.7 Å². The molecule has 0 amide bonds. The van der Waals surface area contributed by atoms with Crippen LogP contribution in [0.4, 0.5) is 0 Å². The van der Waals surface area contributed by atoms with Crippen LogP contribution in [0.25, 0.3) is 5.69 Å². The van der Waals surface area contributed by atoms with E-state index in [0.29, 0.717) is 11.5 Å². The van der Waals surface area contributed by atoms with Gasteiger partial charge in [-0.3, -0.25) is 0 Å². The molecule has 3 nitrogen and oxygen atoms in total. The molecule has 94 valence electrons. The van der Waals surface area contributed by atoms with Gasteiger partial charge in [-0.1, -0.05) is 43.7 Å². The zero-order valence-corrected chi connectivity index (χ0v) is 11.3. The maximum atomic E-state index is 4.70. The Balaban J connectivity index is 2.00. The lowest BCUT2D eigenvalue weighted by molar-refractivity contribution is -0.729. The van der Waals surface area contributed by atoms with Crippen LogP contribution in [0.3, 0.4) is 0 Å². The summed E-state index contributed by atoms with van der Waals surface area (Å²) in [6.45, 7) is 6.92. The van der Waals surface area contributed by atoms with Gasteiger partial charge in [0.25, 0.3) is 5.82 Å². The summed E-state index contributed by atoms with van der Waals surface area (Å²) in [5.74, 6) is 1.21. The van der Waals surface area contributed by atoms with Gasteiger partial charge in [0.05, 0.1) is 6.04 Å². The molecule has 1 aromatic carbocycles. The van der Waals surface area contributed by atoms with Crippen LogP contribution >= 0.6 is 0 Å². The zero-order chi connectivity index (χ0) is 12.8. The third kappa shape index (κ3) is 1.84. The van der Waals surface area contributed by atoms with E-state index >= 15 is 0 Å². The van der Waals surface area contributed by atoms with E-state index in [0.717, 1.165) is 12.1 Å². The van der Waals surface area contributed by atoms with Crippen molar-refractivity contribution in [1.82, 2.24) is 9.78 Å². The fraction of sp³-hybridized carbons (Fsp3) is 0.467. The average Bonchev–Trinajstić information content (AvgIpc) is 2.87. The first-order valence-electron chi connectivity index (χ1n) is 6.61. The van der Waals surface area contributed by atoms with Crippen LogP contribution in [-0.2, 0) is 6.42 Å². The molecule has 2 aromatic rings. The Labute approximate surface area is 108 Å². The van der Waals surface area contributed by atoms with E-state index in [1.54, 1.807) is 0 Å². The molecule has 1 aromatic heterocycles. The van der Waals surface area contributed by atoms with Gasteiger partial charge in [-0.15, -0.1) is 0 Å². The zero-order valence-electron chi connectivity index (χ0n) is 11.3. The lowest BCUT2D eigenvalue weighted by Gasteiger charge is -2.24. The highest BCUT2D eigenvalue weighted by molar-refractivity contribution is 5.28. The molecule has 1 atom stereocenters. The normalized spacial score (nSPS) is 18.9. The minimum atomic E-state index is 0.292. The van der Waals surface area contributed by atoms with Crippen LogP contribution in [0.5, 0.6) is 0 Å². The highest BCUT2D eigenvalue weighted by Gasteiger charge is 2.38. The predicted molar refractivity (Wildman–Crippen MR) is 70.6 cm³/mol. The Hall–Kier alpha value is -1.64. The number of aryl methyl sites for hydroxylation is 1. The molecular weight excluding hydrogens is 222 g/mol. The Morgan fingerprint density at radius 1 is 1.22 bits per heavy atom. The molecule has 0 saturated carbocycles. The second-order valence-electron chi connectivity index (χ2n) is 6.14. The number of benzene rings is 1. The Morgan fingerprint density at radius 2 is 1.94 bits per heavy atom. The van der Waals surface area contributed by atoms with Gasteiger partial charge >= 0.3 is 0 Å². The van der Waals surface area contributed by atoms with Gasteiger partial charge in [0, 0.05) is 11.5 Å². The minimum absolute atomic E-state index is 0.292. The molecule has 0 bridgehead atoms. The van der Waals surface area contributed by atoms with E-state index in [1.165, 1.54) is 12.2 Å². The lowest BCUT2D eigenvalue weighted by atomic mass is 9.85. The van der Waals surface area contributed by atoms with Crippen molar-refractivity contribution >= 4 is 0 Å². The van der Waals surface area contributed by atoms with Crippen molar-refractivity contribution in [3.05, 3.63) is 42.5 Å². The first-order chi connectivity index (χ1) is 8.55. The molecular formula is C15H20N3+. The van der Waals surface area contributed by atoms with Gasteiger partial charge < -0.3 is 0 Å². The summed E-state index contributed by atoms with van der Waals surface area (Å²) in [4.78, 5) is 0. The van der Waals surface area contributed by atoms with Gasteiger partial charge in [-0.25, -0.2) is 4.57 Å². The van der Waals surface area contributed by atoms with Crippen LogP contribution in [0.1, 0.15) is 39.1 Å². The molecule has 2 heterocycles. The van der Waals surface area contributed by atoms with E-state index < -0.39 is 0 Å². The number of rotatable bonds is 1. The molecule has 1 aliphatic heterocycles. The summed E-state index contributed by atoms with van der Waals surface area (Å²) in [6.07, 6.45) is 4.44. The van der Waals surface area contributed by atoms with Crippen molar-refractivity contribution in [3.63, 3.8) is 0 Å². The highest BCUT2D eigenvalue weighted by Crippen LogP contribution is 2.33. The van der Waals surface area contributed by atoms with E-state index in [4.69, 9.17) is 5.10 Å². The monoisotopic (exact) mass is 242 g/mol. The molecule has 18 heavy (non-hydrogen) atoms. The van der Waals surface area contributed by atoms with Gasteiger partial charge in [0.1, 0.15) is 5.69 Å². The third-order valence-electron chi connectivity index (χ3n) is 3.75. The maximum Gasteiger partial charge on any atom is 0.278 e. The van der Waals surface area contributed by atoms with Crippen molar-refractivity contribution in [2.45, 2.75) is 39.7 Å². The summed E-state index contributed by atoms with van der Waals surface area (Å²) in [6, 6.07) is 10.9. The van der Waals surface area contributed by atoms with Crippen LogP contribution < -0.4 is 4.57 Å². The van der Waals surface area contributed by atoms with E-state index in [2.05, 4.69) is 43.8 Å². The van der Waals surface area contributed by atoms with Gasteiger partial charge in [0.15, 0.2) is 0 Å². The van der Waals surface area contributed by atoms with E-state index in [1.807, 2.05) is 22.9 Å². The third-order valence-corrected chi connectivity index (χ3v) is 3.75. The molecule has 3 heteroatoms. The van der Waals surface area contributed by atoms with Crippen LogP contribution in [-0.4, -0.2) is 9.78 Å². The second-order valence-corrected chi connectivity index (χ2v) is 6.14. The van der Waals surface area contributed by atoms with Crippen molar-refractivity contribution in [3.8, 4) is 5.69 Å². The van der Waals surface area contributed by atoms with Crippen molar-refractivity contribution in [2.75, 3.05) is 0 Å². The average molecular weight is 242 g/mol. The highest BCUT2D eigenvalue weighted by atomic mass is 15.4. The summed E-state index contributed by atoms with van der Waals surface area (Å²) in [7, 11) is 0. The molecule has 0 fully saturated rings. The minimum Gasteiger partial charge on any atom is -0.231 e. The fourth-order valence-electron chi connectivity index (χ4n) is 2.79. The number of hydrogen-bond acceptors (Lipinski definition) is 1. The van der Waals surface area contributed by atoms with Gasteiger partial charge in [-0.2, -0.15) is 0 Å². The quantitative estimate of drug-likeness (QED) is 0.705. The Morgan fingerprint density at radius 3 is 2.61 bits per heavy atom. The summed E-state index contributed by atoms with van der Waals surface area (Å²) >= 11 is 0. The smallest absolute Gasteiger partial charge is 0.231 e. The van der Waals surface area contributed by atoms with Crippen molar-refractivity contribution in [2.24, 2.45) is 5.41 Å². The SMILES string of the molecule is CC(C)(C)C1CCc2nn(-c3ccccc3)c[n+]21. The number of aromatic nitrogens is 3. The van der Waals surface area contributed by atoms with Crippen molar-refractivity contribution in [1.29, 1.82) is 0 Å². The number of hydrogen-bond donors (Lipinski definition) is 0. The Bertz CT molecular complexity index is 549. The van der Waals surface area contributed by atoms with Crippen LogP contribution in [0.2, 0.25) is 0 Å². The summed E-state index contributed by atoms with van der Waals surface area (Å²) in [5, 5.41) is 4.70. The largest absolute Gasteiger partial charge is 0.278 e. The standard InChI is InChI=1S/C15H20N3/c1-15(2,3)13-9-10-14-16-18(11-17(13)14)12-7-5-4-6-8-12/h4-8,11,13H,9-10H2,1-3H3/q+1. The van der Waals surface area contributed by atoms with Gasteiger partial charge in [-0.05, 0) is 24.0 Å². The lowest BCUT2D eigenvalue weighted by Crippen LogP contribution is -2.43. The number of fused-ring (bicyclic) bond motifs is 1. The number of para-hydroxylation sites is 1. The first-order valence-corrected chi connectivity index (χ1v) is 6.61. The number of nitrogens with zero attached hydrogens (tertiary/aromatic N) is 3. The van der Waals surface area contributed by atoms with Crippen LogP contribution in [0, 0.1) is 5.41 Å². The topological polar surface area (TPSA) is 21.7 Å². The molecule has 3 rings (SSSR count). The maximum absolute atomic E-state index is 4.70. The summed E-state index contributed by atoms with van der Waals surface area (Å²) < 4.78 is 4.35. The fourth-order valence-corrected chi connectivity index (χ4v) is 2.79. The molecule has 0 N–H and O–H groups in total. The second kappa shape index (κ2) is 3.94. The molecule has 1 aliphatic rings. The molecule has 1 unspecified atom stereocenters. The Kier molecular flexibility index (Phi) is 2.51. The van der Waals surface area contributed by atoms with Gasteiger partial charge in [0.2, 0.25) is 6.33 Å². The van der Waals surface area contributed by atoms with Crippen molar-refractivity contribution < 1.29 is 4.57 Å². The van der Waals surface area contributed by atoms with E-state index in [-0.39, 0.29) is 0 Å². The molecule has 0 aliphatic carbocycles. The molecule has 0 radical (unpaired) electrons. The molecule has 0 spiro atoms. The summed E-state index contributed by atoms with van der Waals surface area (Å²) in [5.41, 5.74) is 1.42.